The average molecular weight is 332 g/mol. The summed E-state index contributed by atoms with van der Waals surface area (Å²) in [6.07, 6.45) is 6.91. The van der Waals surface area contributed by atoms with Crippen LogP contribution in [0.15, 0.2) is 30.5 Å². The lowest BCUT2D eigenvalue weighted by Gasteiger charge is -2.28. The molecular formula is C21H24N4. The fraction of sp³-hybridized carbons (Fsp3) is 0.429. The quantitative estimate of drug-likeness (QED) is 0.791. The predicted molar refractivity (Wildman–Crippen MR) is 99.3 cm³/mol. The molecular weight excluding hydrogens is 308 g/mol. The second-order valence-electron chi connectivity index (χ2n) is 7.64. The van der Waals surface area contributed by atoms with Crippen LogP contribution in [0.3, 0.4) is 0 Å². The average Bonchev–Trinajstić information content (AvgIpc) is 3.38. The third kappa shape index (κ3) is 2.95. The molecule has 0 unspecified atom stereocenters. The SMILES string of the molecule is Cc1[nH]c2ccccc2c1CN1CCc2cnc(CC3CC3)nc2C1. The molecule has 4 heteroatoms. The maximum atomic E-state index is 4.90. The van der Waals surface area contributed by atoms with Gasteiger partial charge in [-0.3, -0.25) is 4.90 Å². The smallest absolute Gasteiger partial charge is 0.128 e. The second-order valence-corrected chi connectivity index (χ2v) is 7.64. The number of aryl methyl sites for hydroxylation is 1. The minimum absolute atomic E-state index is 0.839. The number of benzene rings is 1. The lowest BCUT2D eigenvalue weighted by Crippen LogP contribution is -2.31. The molecule has 4 nitrogen and oxygen atoms in total. The minimum Gasteiger partial charge on any atom is -0.358 e. The highest BCUT2D eigenvalue weighted by atomic mass is 15.1. The Kier molecular flexibility index (Phi) is 3.59. The van der Waals surface area contributed by atoms with Gasteiger partial charge in [0.2, 0.25) is 0 Å². The molecule has 1 N–H and O–H groups in total. The zero-order valence-electron chi connectivity index (χ0n) is 14.8. The molecule has 3 heterocycles. The van der Waals surface area contributed by atoms with Crippen LogP contribution in [-0.2, 0) is 25.9 Å². The molecule has 2 aromatic heterocycles. The van der Waals surface area contributed by atoms with Crippen molar-refractivity contribution in [1.82, 2.24) is 19.9 Å². The molecule has 2 aliphatic rings. The third-order valence-electron chi connectivity index (χ3n) is 5.65. The van der Waals surface area contributed by atoms with Crippen LogP contribution in [0.5, 0.6) is 0 Å². The van der Waals surface area contributed by atoms with Crippen molar-refractivity contribution in [3.05, 3.63) is 58.8 Å². The third-order valence-corrected chi connectivity index (χ3v) is 5.65. The normalized spacial score (nSPS) is 17.8. The number of para-hydroxylation sites is 1. The largest absolute Gasteiger partial charge is 0.358 e. The Morgan fingerprint density at radius 2 is 2.12 bits per heavy atom. The maximum absolute atomic E-state index is 4.90. The first kappa shape index (κ1) is 15.1. The summed E-state index contributed by atoms with van der Waals surface area (Å²) in [6.45, 7) is 5.19. The monoisotopic (exact) mass is 332 g/mol. The van der Waals surface area contributed by atoms with Crippen LogP contribution in [0.4, 0.5) is 0 Å². The summed E-state index contributed by atoms with van der Waals surface area (Å²) < 4.78 is 0. The molecule has 128 valence electrons. The molecule has 1 aliphatic heterocycles. The molecule has 0 bridgehead atoms. The van der Waals surface area contributed by atoms with Crippen LogP contribution in [-0.4, -0.2) is 26.4 Å². The molecule has 5 rings (SSSR count). The number of rotatable bonds is 4. The van der Waals surface area contributed by atoms with Crippen molar-refractivity contribution in [1.29, 1.82) is 0 Å². The Morgan fingerprint density at radius 1 is 1.24 bits per heavy atom. The predicted octanol–water partition coefficient (Wildman–Crippen LogP) is 3.78. The molecule has 0 saturated heterocycles. The molecule has 1 aliphatic carbocycles. The minimum atomic E-state index is 0.839. The highest BCUT2D eigenvalue weighted by Crippen LogP contribution is 2.32. The van der Waals surface area contributed by atoms with E-state index in [1.54, 1.807) is 0 Å². The first-order valence-corrected chi connectivity index (χ1v) is 9.38. The Balaban J connectivity index is 1.38. The summed E-state index contributed by atoms with van der Waals surface area (Å²) in [7, 11) is 0. The van der Waals surface area contributed by atoms with E-state index in [-0.39, 0.29) is 0 Å². The zero-order chi connectivity index (χ0) is 16.8. The molecule has 0 radical (unpaired) electrons. The number of fused-ring (bicyclic) bond motifs is 2. The fourth-order valence-corrected chi connectivity index (χ4v) is 3.97. The Bertz CT molecular complexity index is 923. The summed E-state index contributed by atoms with van der Waals surface area (Å²) in [5, 5.41) is 1.35. The van der Waals surface area contributed by atoms with Crippen molar-refractivity contribution in [2.75, 3.05) is 6.54 Å². The van der Waals surface area contributed by atoms with Gasteiger partial charge in [0.1, 0.15) is 5.82 Å². The van der Waals surface area contributed by atoms with E-state index >= 15 is 0 Å². The van der Waals surface area contributed by atoms with Gasteiger partial charge >= 0.3 is 0 Å². The number of H-pyrrole nitrogens is 1. The van der Waals surface area contributed by atoms with E-state index in [0.29, 0.717) is 0 Å². The van der Waals surface area contributed by atoms with Crippen LogP contribution < -0.4 is 0 Å². The summed E-state index contributed by atoms with van der Waals surface area (Å²) in [5.41, 5.74) is 6.53. The van der Waals surface area contributed by atoms with Crippen molar-refractivity contribution in [3.8, 4) is 0 Å². The van der Waals surface area contributed by atoms with E-state index < -0.39 is 0 Å². The fourth-order valence-electron chi connectivity index (χ4n) is 3.97. The number of hydrogen-bond acceptors (Lipinski definition) is 3. The first-order chi connectivity index (χ1) is 12.3. The van der Waals surface area contributed by atoms with Crippen molar-refractivity contribution in [3.63, 3.8) is 0 Å². The maximum Gasteiger partial charge on any atom is 0.128 e. The van der Waals surface area contributed by atoms with Gasteiger partial charge in [-0.2, -0.15) is 0 Å². The highest BCUT2D eigenvalue weighted by molar-refractivity contribution is 5.84. The van der Waals surface area contributed by atoms with Crippen molar-refractivity contribution < 1.29 is 0 Å². The zero-order valence-corrected chi connectivity index (χ0v) is 14.8. The van der Waals surface area contributed by atoms with Gasteiger partial charge in [-0.15, -0.1) is 0 Å². The lowest BCUT2D eigenvalue weighted by atomic mass is 10.0. The molecule has 0 atom stereocenters. The molecule has 3 aromatic rings. The van der Waals surface area contributed by atoms with Gasteiger partial charge in [0.05, 0.1) is 5.69 Å². The van der Waals surface area contributed by atoms with Crippen molar-refractivity contribution in [2.24, 2.45) is 5.92 Å². The van der Waals surface area contributed by atoms with E-state index in [1.807, 2.05) is 0 Å². The molecule has 0 amide bonds. The molecule has 1 aromatic carbocycles. The summed E-state index contributed by atoms with van der Waals surface area (Å²) >= 11 is 0. The highest BCUT2D eigenvalue weighted by Gasteiger charge is 2.25. The van der Waals surface area contributed by atoms with Gasteiger partial charge in [-0.25, -0.2) is 9.97 Å². The van der Waals surface area contributed by atoms with Crippen LogP contribution in [0, 0.1) is 12.8 Å². The Morgan fingerprint density at radius 3 is 3.00 bits per heavy atom. The Hall–Kier alpha value is -2.20. The molecule has 0 spiro atoms. The Labute approximate surface area is 148 Å². The van der Waals surface area contributed by atoms with Gasteiger partial charge in [-0.05, 0) is 49.3 Å². The van der Waals surface area contributed by atoms with Gasteiger partial charge in [0.15, 0.2) is 0 Å². The lowest BCUT2D eigenvalue weighted by molar-refractivity contribution is 0.241. The summed E-state index contributed by atoms with van der Waals surface area (Å²) in [5.74, 6) is 1.89. The van der Waals surface area contributed by atoms with E-state index in [0.717, 1.165) is 44.2 Å². The van der Waals surface area contributed by atoms with Gasteiger partial charge in [0, 0.05) is 48.8 Å². The van der Waals surface area contributed by atoms with E-state index in [1.165, 1.54) is 46.3 Å². The van der Waals surface area contributed by atoms with Gasteiger partial charge < -0.3 is 4.98 Å². The van der Waals surface area contributed by atoms with Gasteiger partial charge in [-0.1, -0.05) is 18.2 Å². The van der Waals surface area contributed by atoms with Gasteiger partial charge in [0.25, 0.3) is 0 Å². The molecule has 1 saturated carbocycles. The molecule has 25 heavy (non-hydrogen) atoms. The number of hydrogen-bond donors (Lipinski definition) is 1. The topological polar surface area (TPSA) is 44.8 Å². The van der Waals surface area contributed by atoms with E-state index in [2.05, 4.69) is 52.3 Å². The standard InChI is InChI=1S/C21H24N4/c1-14-18(17-4-2-3-5-19(17)23-14)12-25-9-8-16-11-22-21(10-15-6-7-15)24-20(16)13-25/h2-5,11,15,23H,6-10,12-13H2,1H3. The van der Waals surface area contributed by atoms with E-state index in [9.17, 15) is 0 Å². The number of nitrogens with zero attached hydrogens (tertiary/aromatic N) is 3. The van der Waals surface area contributed by atoms with Crippen molar-refractivity contribution >= 4 is 10.9 Å². The second kappa shape index (κ2) is 5.95. The summed E-state index contributed by atoms with van der Waals surface area (Å²) in [6, 6.07) is 8.61. The molecule has 1 fully saturated rings. The summed E-state index contributed by atoms with van der Waals surface area (Å²) in [4.78, 5) is 15.5. The van der Waals surface area contributed by atoms with Crippen LogP contribution in [0.2, 0.25) is 0 Å². The number of aromatic amines is 1. The first-order valence-electron chi connectivity index (χ1n) is 9.38. The number of aromatic nitrogens is 3. The van der Waals surface area contributed by atoms with Crippen molar-refractivity contribution in [2.45, 2.75) is 45.7 Å². The number of nitrogens with one attached hydrogen (secondary N) is 1. The van der Waals surface area contributed by atoms with Crippen LogP contribution >= 0.6 is 0 Å². The van der Waals surface area contributed by atoms with Crippen LogP contribution in [0.25, 0.3) is 10.9 Å². The van der Waals surface area contributed by atoms with Crippen LogP contribution in [0.1, 0.15) is 41.2 Å². The van der Waals surface area contributed by atoms with E-state index in [4.69, 9.17) is 4.98 Å².